The zero-order chi connectivity index (χ0) is 40.1. The van der Waals surface area contributed by atoms with Gasteiger partial charge in [0.1, 0.15) is 0 Å². The van der Waals surface area contributed by atoms with Crippen molar-refractivity contribution in [3.05, 3.63) is 181 Å². The van der Waals surface area contributed by atoms with Crippen LogP contribution in [0.15, 0.2) is 146 Å². The molecule has 7 aromatic rings. The van der Waals surface area contributed by atoms with Crippen molar-refractivity contribution in [2.45, 2.75) is 77.0 Å². The van der Waals surface area contributed by atoms with Crippen LogP contribution in [0.4, 0.5) is 0 Å². The molecule has 3 aliphatic carbocycles. The van der Waals surface area contributed by atoms with Gasteiger partial charge in [-0.25, -0.2) is 0 Å². The van der Waals surface area contributed by atoms with Gasteiger partial charge in [0.2, 0.25) is 0 Å². The Balaban J connectivity index is 0.00000476. The first-order chi connectivity index (χ1) is 29.7. The summed E-state index contributed by atoms with van der Waals surface area (Å²) in [5.41, 5.74) is 20.6. The molecule has 0 unspecified atom stereocenters. The van der Waals surface area contributed by atoms with Crippen molar-refractivity contribution >= 4 is 16.7 Å². The first-order valence-corrected chi connectivity index (χ1v) is 21.9. The van der Waals surface area contributed by atoms with E-state index < -0.39 is 0 Å². The van der Waals surface area contributed by atoms with E-state index in [0.29, 0.717) is 0 Å². The summed E-state index contributed by atoms with van der Waals surface area (Å²) in [7, 11) is 0. The van der Waals surface area contributed by atoms with Crippen LogP contribution in [0.3, 0.4) is 0 Å². The van der Waals surface area contributed by atoms with Crippen LogP contribution in [-0.2, 0) is 20.1 Å². The molecule has 0 radical (unpaired) electrons. The molecule has 3 nitrogen and oxygen atoms in total. The Morgan fingerprint density at radius 1 is 0.311 bits per heavy atom. The molecule has 3 aliphatic rings. The topological polar surface area (TPSA) is 38.7 Å². The Morgan fingerprint density at radius 3 is 0.820 bits per heavy atom. The Labute approximate surface area is 374 Å². The molecule has 0 aliphatic heterocycles. The van der Waals surface area contributed by atoms with E-state index in [1.54, 1.807) is 0 Å². The average molecular weight is 967 g/mol. The number of allylic oxidation sites excluding steroid dienone is 6. The summed E-state index contributed by atoms with van der Waals surface area (Å²) in [6.07, 6.45) is 30.3. The third-order valence-electron chi connectivity index (χ3n) is 12.4. The van der Waals surface area contributed by atoms with Gasteiger partial charge in [-0.05, 0) is 85.0 Å². The molecule has 0 saturated carbocycles. The fourth-order valence-electron chi connectivity index (χ4n) is 9.17. The van der Waals surface area contributed by atoms with E-state index in [4.69, 9.17) is 15.0 Å². The summed E-state index contributed by atoms with van der Waals surface area (Å²) in [4.78, 5) is 15.0. The van der Waals surface area contributed by atoms with Crippen molar-refractivity contribution in [1.82, 2.24) is 15.0 Å². The van der Waals surface area contributed by atoms with Crippen molar-refractivity contribution in [3.8, 4) is 66.8 Å². The van der Waals surface area contributed by atoms with Gasteiger partial charge in [0.05, 0.1) is 0 Å². The molecule has 4 aromatic carbocycles. The summed E-state index contributed by atoms with van der Waals surface area (Å²) < 4.78 is 0. The van der Waals surface area contributed by atoms with Crippen LogP contribution in [-0.4, -0.2) is 15.0 Å². The Hall–Kier alpha value is -5.80. The number of nitrogens with zero attached hydrogens (tertiary/aromatic N) is 3. The van der Waals surface area contributed by atoms with E-state index in [9.17, 15) is 0 Å². The first-order valence-electron chi connectivity index (χ1n) is 21.9. The maximum absolute atomic E-state index is 4.98. The van der Waals surface area contributed by atoms with Crippen molar-refractivity contribution in [2.24, 2.45) is 0 Å². The molecule has 0 N–H and O–H groups in total. The van der Waals surface area contributed by atoms with Gasteiger partial charge in [0, 0.05) is 18.6 Å². The van der Waals surface area contributed by atoms with Crippen LogP contribution in [0.5, 0.6) is 0 Å². The molecule has 0 amide bonds. The number of pyridine rings is 3. The predicted octanol–water partition coefficient (Wildman–Crippen LogP) is 15.2. The molecule has 4 heteroatoms. The molecule has 3 aromatic heterocycles. The molecule has 10 rings (SSSR count). The molecule has 61 heavy (non-hydrogen) atoms. The Kier molecular flexibility index (Phi) is 12.5. The third kappa shape index (κ3) is 8.85. The standard InChI is InChI=1S/C57H48N3.Ir/c1-4-16-40(17-5-1)55-31-28-43(37-58-55)49-22-10-13-25-52(49)46-34-47(53-26-14-11-23-50(53)44-29-32-56(59-38-44)41-18-6-2-7-19-41)36-48(35-46)54-27-15-12-24-51(54)45-30-33-57(60-39-45)42-20-8-3-9-21-42;/h10-15,22-39H,1-9,16,18,20H2;/q-3;+3. The molecule has 300 valence electrons. The minimum absolute atomic E-state index is 0. The second-order valence-corrected chi connectivity index (χ2v) is 16.3. The normalized spacial score (nSPS) is 15.2. The fourth-order valence-corrected chi connectivity index (χ4v) is 9.17. The Morgan fingerprint density at radius 2 is 0.590 bits per heavy atom. The molecular formula is C57H48IrN3. The summed E-state index contributed by atoms with van der Waals surface area (Å²) in [6.45, 7) is 0. The first kappa shape index (κ1) is 40.6. The van der Waals surface area contributed by atoms with Gasteiger partial charge >= 0.3 is 20.1 Å². The maximum atomic E-state index is 4.98. The van der Waals surface area contributed by atoms with Gasteiger partial charge < -0.3 is 15.0 Å². The quantitative estimate of drug-likeness (QED) is 0.135. The van der Waals surface area contributed by atoms with E-state index in [-0.39, 0.29) is 20.1 Å². The zero-order valence-electron chi connectivity index (χ0n) is 34.5. The second-order valence-electron chi connectivity index (χ2n) is 16.3. The van der Waals surface area contributed by atoms with E-state index in [1.807, 2.05) is 18.6 Å². The zero-order valence-corrected chi connectivity index (χ0v) is 36.9. The van der Waals surface area contributed by atoms with Gasteiger partial charge in [-0.1, -0.05) is 166 Å². The van der Waals surface area contributed by atoms with Crippen molar-refractivity contribution in [3.63, 3.8) is 0 Å². The van der Waals surface area contributed by atoms with E-state index >= 15 is 0 Å². The second kappa shape index (κ2) is 18.9. The van der Waals surface area contributed by atoms with Crippen molar-refractivity contribution < 1.29 is 20.1 Å². The van der Waals surface area contributed by atoms with Gasteiger partial charge in [-0.2, -0.15) is 16.7 Å². The molecule has 0 saturated heterocycles. The largest absolute Gasteiger partial charge is 3.00 e. The van der Waals surface area contributed by atoms with Gasteiger partial charge in [-0.15, -0.1) is 37.5 Å². The van der Waals surface area contributed by atoms with Crippen LogP contribution in [0.1, 0.15) is 94.1 Å². The van der Waals surface area contributed by atoms with Crippen LogP contribution < -0.4 is 0 Å². The smallest absolute Gasteiger partial charge is 0.350 e. The molecular weight excluding hydrogens is 919 g/mol. The predicted molar refractivity (Wildman–Crippen MR) is 248 cm³/mol. The molecule has 0 atom stereocenters. The van der Waals surface area contributed by atoms with E-state index in [0.717, 1.165) is 106 Å². The molecule has 0 spiro atoms. The average Bonchev–Trinajstić information content (AvgIpc) is 3.35. The number of hydrogen-bond donors (Lipinski definition) is 0. The summed E-state index contributed by atoms with van der Waals surface area (Å²) in [6, 6.07) is 46.6. The van der Waals surface area contributed by atoms with Gasteiger partial charge in [0.25, 0.3) is 0 Å². The number of rotatable bonds is 9. The van der Waals surface area contributed by atoms with Crippen molar-refractivity contribution in [1.29, 1.82) is 0 Å². The van der Waals surface area contributed by atoms with Crippen molar-refractivity contribution in [2.75, 3.05) is 0 Å². The van der Waals surface area contributed by atoms with Crippen LogP contribution >= 0.6 is 0 Å². The molecule has 0 fully saturated rings. The van der Waals surface area contributed by atoms with Crippen LogP contribution in [0.2, 0.25) is 0 Å². The third-order valence-corrected chi connectivity index (χ3v) is 12.4. The van der Waals surface area contributed by atoms with E-state index in [1.165, 1.54) is 71.9 Å². The Bertz CT molecular complexity index is 2420. The monoisotopic (exact) mass is 967 g/mol. The SMILES string of the molecule is [C-]1=C(c2ccc(-c3ccccc3-c3cc(-c4ccccc4-c4ccc(C5=[C-]CCCC5)nc4)cc(-c4ccccc4-c4ccc(C5=[C-]CCCC5)nc4)c3)cn2)CCCC1.[Ir+3]. The number of aromatic nitrogens is 3. The van der Waals surface area contributed by atoms with Crippen LogP contribution in [0, 0.1) is 18.2 Å². The molecule has 0 bridgehead atoms. The molecule has 3 heterocycles. The van der Waals surface area contributed by atoms with Crippen LogP contribution in [0.25, 0.3) is 83.5 Å². The summed E-state index contributed by atoms with van der Waals surface area (Å²) in [5, 5.41) is 0. The summed E-state index contributed by atoms with van der Waals surface area (Å²) >= 11 is 0. The summed E-state index contributed by atoms with van der Waals surface area (Å²) in [5.74, 6) is 0. The number of hydrogen-bond acceptors (Lipinski definition) is 3. The minimum atomic E-state index is 0. The van der Waals surface area contributed by atoms with E-state index in [2.05, 4.69) is 146 Å². The fraction of sp³-hybridized carbons (Fsp3) is 0.211. The number of benzene rings is 4. The van der Waals surface area contributed by atoms with Gasteiger partial charge in [0.15, 0.2) is 0 Å². The minimum Gasteiger partial charge on any atom is -0.350 e. The maximum Gasteiger partial charge on any atom is 3.00 e. The van der Waals surface area contributed by atoms with Gasteiger partial charge in [-0.3, -0.25) is 18.2 Å².